The first-order valence-corrected chi connectivity index (χ1v) is 6.84. The first kappa shape index (κ1) is 15.4. The largest absolute Gasteiger partial charge is 0.492 e. The number of pyridine rings is 1. The van der Waals surface area contributed by atoms with Gasteiger partial charge in [0, 0.05) is 0 Å². The number of nitrogen functional groups attached to an aromatic ring is 2. The van der Waals surface area contributed by atoms with Crippen LogP contribution in [-0.4, -0.2) is 11.2 Å². The number of aromatic nitrogens is 1. The van der Waals surface area contributed by atoms with Gasteiger partial charge in [-0.3, -0.25) is 4.57 Å². The Kier molecular flexibility index (Phi) is 4.31. The summed E-state index contributed by atoms with van der Waals surface area (Å²) >= 11 is 5.31. The molecule has 7 heteroatoms. The Hall–Kier alpha value is -3.03. The van der Waals surface area contributed by atoms with Crippen molar-refractivity contribution in [2.24, 2.45) is 0 Å². The maximum Gasteiger partial charge on any atom is 0.143 e. The van der Waals surface area contributed by atoms with Crippen LogP contribution in [0.25, 0.3) is 5.69 Å². The Morgan fingerprint density at radius 3 is 2.41 bits per heavy atom. The monoisotopic (exact) mass is 311 g/mol. The number of rotatable bonds is 3. The summed E-state index contributed by atoms with van der Waals surface area (Å²) in [6.45, 7) is 2.30. The van der Waals surface area contributed by atoms with Crippen LogP contribution in [0.3, 0.4) is 0 Å². The van der Waals surface area contributed by atoms with Crippen molar-refractivity contribution in [3.05, 3.63) is 40.0 Å². The van der Waals surface area contributed by atoms with Gasteiger partial charge < -0.3 is 16.2 Å². The van der Waals surface area contributed by atoms with Gasteiger partial charge in [-0.1, -0.05) is 24.4 Å². The van der Waals surface area contributed by atoms with E-state index in [1.807, 2.05) is 25.1 Å². The molecule has 2 rings (SSSR count). The van der Waals surface area contributed by atoms with Gasteiger partial charge >= 0.3 is 0 Å². The van der Waals surface area contributed by atoms with Crippen molar-refractivity contribution < 1.29 is 4.74 Å². The molecule has 0 aliphatic rings. The standard InChI is InChI=1S/C15H13N5OS/c1-2-21-12-6-4-3-5-11(12)20-14(19)9(7-16)13(18)10(8-17)15(20)22/h3-6H,2,18-19H2,1H3. The van der Waals surface area contributed by atoms with Gasteiger partial charge in [0.2, 0.25) is 0 Å². The molecule has 1 aromatic carbocycles. The molecule has 0 atom stereocenters. The highest BCUT2D eigenvalue weighted by Crippen LogP contribution is 2.31. The molecule has 0 unspecified atom stereocenters. The number of nitriles is 2. The van der Waals surface area contributed by atoms with Crippen LogP contribution in [0.2, 0.25) is 0 Å². The van der Waals surface area contributed by atoms with Gasteiger partial charge in [-0.05, 0) is 19.1 Å². The molecule has 0 saturated carbocycles. The molecule has 0 aliphatic carbocycles. The van der Waals surface area contributed by atoms with E-state index >= 15 is 0 Å². The first-order chi connectivity index (χ1) is 10.6. The van der Waals surface area contributed by atoms with Crippen molar-refractivity contribution in [2.45, 2.75) is 6.92 Å². The lowest BCUT2D eigenvalue weighted by molar-refractivity contribution is 0.339. The number of nitrogens with zero attached hydrogens (tertiary/aromatic N) is 3. The van der Waals surface area contributed by atoms with Crippen molar-refractivity contribution in [3.8, 4) is 23.6 Å². The lowest BCUT2D eigenvalue weighted by Crippen LogP contribution is -2.13. The summed E-state index contributed by atoms with van der Waals surface area (Å²) in [7, 11) is 0. The van der Waals surface area contributed by atoms with E-state index in [0.717, 1.165) is 0 Å². The lowest BCUT2D eigenvalue weighted by atomic mass is 10.1. The van der Waals surface area contributed by atoms with Crippen LogP contribution in [0.5, 0.6) is 5.75 Å². The highest BCUT2D eigenvalue weighted by atomic mass is 32.1. The van der Waals surface area contributed by atoms with E-state index in [1.54, 1.807) is 18.2 Å². The minimum absolute atomic E-state index is 0.00218. The summed E-state index contributed by atoms with van der Waals surface area (Å²) in [6.07, 6.45) is 0. The predicted octanol–water partition coefficient (Wildman–Crippen LogP) is 2.51. The third-order valence-corrected chi connectivity index (χ3v) is 3.47. The normalized spacial score (nSPS) is 9.77. The Morgan fingerprint density at radius 2 is 1.82 bits per heavy atom. The van der Waals surface area contributed by atoms with E-state index < -0.39 is 0 Å². The SMILES string of the molecule is CCOc1ccccc1-n1c(N)c(C#N)c(N)c(C#N)c1=S. The molecular formula is C15H13N5OS. The Labute approximate surface area is 132 Å². The van der Waals surface area contributed by atoms with Gasteiger partial charge in [-0.2, -0.15) is 10.5 Å². The third kappa shape index (κ3) is 2.34. The fraction of sp³-hybridized carbons (Fsp3) is 0.133. The van der Waals surface area contributed by atoms with Gasteiger partial charge in [0.15, 0.2) is 0 Å². The number of nitrogens with two attached hydrogens (primary N) is 2. The van der Waals surface area contributed by atoms with Crippen molar-refractivity contribution in [1.82, 2.24) is 4.57 Å². The van der Waals surface area contributed by atoms with Crippen LogP contribution < -0.4 is 16.2 Å². The number of para-hydroxylation sites is 2. The van der Waals surface area contributed by atoms with Gasteiger partial charge in [-0.25, -0.2) is 0 Å². The van der Waals surface area contributed by atoms with Crippen LogP contribution in [0.4, 0.5) is 11.5 Å². The minimum Gasteiger partial charge on any atom is -0.492 e. The quantitative estimate of drug-likeness (QED) is 0.842. The number of anilines is 2. The van der Waals surface area contributed by atoms with Gasteiger partial charge in [0.25, 0.3) is 0 Å². The van der Waals surface area contributed by atoms with Crippen LogP contribution in [-0.2, 0) is 0 Å². The second kappa shape index (κ2) is 6.17. The number of hydrogen-bond acceptors (Lipinski definition) is 6. The molecule has 110 valence electrons. The second-order valence-corrected chi connectivity index (χ2v) is 4.70. The summed E-state index contributed by atoms with van der Waals surface area (Å²) < 4.78 is 7.14. The summed E-state index contributed by atoms with van der Waals surface area (Å²) in [4.78, 5) is 0. The van der Waals surface area contributed by atoms with Crippen LogP contribution in [0.1, 0.15) is 18.1 Å². The summed E-state index contributed by atoms with van der Waals surface area (Å²) in [5.74, 6) is 0.626. The number of benzene rings is 1. The Bertz CT molecular complexity index is 873. The lowest BCUT2D eigenvalue weighted by Gasteiger charge is -2.18. The molecule has 0 bridgehead atoms. The molecule has 22 heavy (non-hydrogen) atoms. The molecule has 1 heterocycles. The average molecular weight is 311 g/mol. The molecule has 0 amide bonds. The molecule has 0 saturated heterocycles. The molecular weight excluding hydrogens is 298 g/mol. The molecule has 0 spiro atoms. The molecule has 1 aromatic heterocycles. The van der Waals surface area contributed by atoms with E-state index in [1.165, 1.54) is 4.57 Å². The van der Waals surface area contributed by atoms with E-state index in [0.29, 0.717) is 18.0 Å². The Morgan fingerprint density at radius 1 is 1.18 bits per heavy atom. The Balaban J connectivity index is 2.92. The van der Waals surface area contributed by atoms with E-state index in [9.17, 15) is 10.5 Å². The van der Waals surface area contributed by atoms with Crippen molar-refractivity contribution in [3.63, 3.8) is 0 Å². The van der Waals surface area contributed by atoms with Crippen LogP contribution >= 0.6 is 12.2 Å². The minimum atomic E-state index is -0.00218. The zero-order valence-corrected chi connectivity index (χ0v) is 12.6. The molecule has 0 radical (unpaired) electrons. The van der Waals surface area contributed by atoms with E-state index in [2.05, 4.69) is 0 Å². The number of ether oxygens (including phenoxy) is 1. The number of hydrogen-bond donors (Lipinski definition) is 2. The zero-order valence-electron chi connectivity index (χ0n) is 11.8. The second-order valence-electron chi connectivity index (χ2n) is 4.31. The smallest absolute Gasteiger partial charge is 0.143 e. The maximum absolute atomic E-state index is 9.26. The molecule has 2 aromatic rings. The van der Waals surface area contributed by atoms with Gasteiger partial charge in [-0.15, -0.1) is 0 Å². The molecule has 6 nitrogen and oxygen atoms in total. The van der Waals surface area contributed by atoms with Crippen molar-refractivity contribution in [1.29, 1.82) is 10.5 Å². The summed E-state index contributed by atoms with van der Waals surface area (Å²) in [6, 6.07) is 10.9. The van der Waals surface area contributed by atoms with Gasteiger partial charge in [0.05, 0.1) is 18.0 Å². The third-order valence-electron chi connectivity index (χ3n) is 3.08. The predicted molar refractivity (Wildman–Crippen MR) is 86.0 cm³/mol. The molecule has 4 N–H and O–H groups in total. The van der Waals surface area contributed by atoms with Crippen molar-refractivity contribution in [2.75, 3.05) is 18.1 Å². The highest BCUT2D eigenvalue weighted by molar-refractivity contribution is 7.71. The van der Waals surface area contributed by atoms with Crippen molar-refractivity contribution >= 4 is 23.7 Å². The average Bonchev–Trinajstić information content (AvgIpc) is 2.50. The van der Waals surface area contributed by atoms with E-state index in [4.69, 9.17) is 28.4 Å². The fourth-order valence-corrected chi connectivity index (χ4v) is 2.45. The molecule has 0 aliphatic heterocycles. The zero-order chi connectivity index (χ0) is 16.3. The van der Waals surface area contributed by atoms with Crippen LogP contribution in [0, 0.1) is 27.3 Å². The van der Waals surface area contributed by atoms with E-state index in [-0.39, 0.29) is 27.3 Å². The maximum atomic E-state index is 9.26. The molecule has 0 fully saturated rings. The topological polar surface area (TPSA) is 114 Å². The first-order valence-electron chi connectivity index (χ1n) is 6.43. The summed E-state index contributed by atoms with van der Waals surface area (Å²) in [5, 5.41) is 18.5. The van der Waals surface area contributed by atoms with Crippen LogP contribution in [0.15, 0.2) is 24.3 Å². The highest BCUT2D eigenvalue weighted by Gasteiger charge is 2.19. The fourth-order valence-electron chi connectivity index (χ4n) is 2.10. The summed E-state index contributed by atoms with van der Waals surface area (Å²) in [5.41, 5.74) is 12.5. The van der Waals surface area contributed by atoms with Gasteiger partial charge in [0.1, 0.15) is 39.5 Å².